The van der Waals surface area contributed by atoms with Crippen molar-refractivity contribution in [1.29, 1.82) is 0 Å². The van der Waals surface area contributed by atoms with Gasteiger partial charge in [-0.05, 0) is 32.4 Å². The smallest absolute Gasteiger partial charge is 0.163 e. The topological polar surface area (TPSA) is 49.8 Å². The average molecular weight is 263 g/mol. The monoisotopic (exact) mass is 263 g/mol. The standard InChI is InChI=1S/C15H21NO3/c1-4-12-9-19-10(2)8-16(12)13-5-6-14(11(3)17)15(18)7-13/h5-7,10,12,18H,4,8-9H2,1-3H3. The highest BCUT2D eigenvalue weighted by atomic mass is 16.5. The molecule has 104 valence electrons. The molecule has 0 bridgehead atoms. The van der Waals surface area contributed by atoms with Crippen LogP contribution in [-0.4, -0.2) is 36.2 Å². The number of benzene rings is 1. The van der Waals surface area contributed by atoms with Gasteiger partial charge in [0.05, 0.1) is 24.3 Å². The van der Waals surface area contributed by atoms with Gasteiger partial charge in [0, 0.05) is 18.3 Å². The van der Waals surface area contributed by atoms with Gasteiger partial charge in [-0.3, -0.25) is 4.79 Å². The van der Waals surface area contributed by atoms with E-state index in [1.54, 1.807) is 12.1 Å². The number of hydrogen-bond donors (Lipinski definition) is 1. The Bertz CT molecular complexity index is 472. The lowest BCUT2D eigenvalue weighted by molar-refractivity contribution is 0.0299. The Morgan fingerprint density at radius 2 is 2.26 bits per heavy atom. The van der Waals surface area contributed by atoms with Crippen LogP contribution in [0.4, 0.5) is 5.69 Å². The van der Waals surface area contributed by atoms with Crippen LogP contribution in [0, 0.1) is 0 Å². The summed E-state index contributed by atoms with van der Waals surface area (Å²) in [5.41, 5.74) is 1.32. The molecule has 4 heteroatoms. The number of morpholine rings is 1. The van der Waals surface area contributed by atoms with Crippen molar-refractivity contribution < 1.29 is 14.6 Å². The molecule has 0 spiro atoms. The number of hydrogen-bond acceptors (Lipinski definition) is 4. The minimum absolute atomic E-state index is 0.0546. The summed E-state index contributed by atoms with van der Waals surface area (Å²) in [4.78, 5) is 13.6. The number of Topliss-reactive ketones (excluding diaryl/α,β-unsaturated/α-hetero) is 1. The van der Waals surface area contributed by atoms with Gasteiger partial charge >= 0.3 is 0 Å². The maximum atomic E-state index is 11.3. The fourth-order valence-electron chi connectivity index (χ4n) is 2.49. The van der Waals surface area contributed by atoms with Crippen LogP contribution >= 0.6 is 0 Å². The normalized spacial score (nSPS) is 23.4. The number of aromatic hydroxyl groups is 1. The summed E-state index contributed by atoms with van der Waals surface area (Å²) >= 11 is 0. The van der Waals surface area contributed by atoms with E-state index in [9.17, 15) is 9.90 Å². The third-order valence-corrected chi connectivity index (χ3v) is 3.63. The Balaban J connectivity index is 2.29. The first-order valence-electron chi connectivity index (χ1n) is 6.75. The van der Waals surface area contributed by atoms with Crippen LogP contribution in [0.1, 0.15) is 37.6 Å². The van der Waals surface area contributed by atoms with Gasteiger partial charge in [-0.15, -0.1) is 0 Å². The third-order valence-electron chi connectivity index (χ3n) is 3.63. The van der Waals surface area contributed by atoms with Crippen LogP contribution in [-0.2, 0) is 4.74 Å². The van der Waals surface area contributed by atoms with Gasteiger partial charge in [0.15, 0.2) is 5.78 Å². The molecule has 2 rings (SSSR count). The second-order valence-corrected chi connectivity index (χ2v) is 5.12. The van der Waals surface area contributed by atoms with Gasteiger partial charge in [-0.1, -0.05) is 6.92 Å². The minimum Gasteiger partial charge on any atom is -0.507 e. The molecule has 2 unspecified atom stereocenters. The summed E-state index contributed by atoms with van der Waals surface area (Å²) in [6.45, 7) is 7.13. The van der Waals surface area contributed by atoms with Gasteiger partial charge < -0.3 is 14.7 Å². The van der Waals surface area contributed by atoms with E-state index < -0.39 is 0 Å². The summed E-state index contributed by atoms with van der Waals surface area (Å²) in [6.07, 6.45) is 1.17. The quantitative estimate of drug-likeness (QED) is 0.852. The van der Waals surface area contributed by atoms with Crippen molar-refractivity contribution in [3.05, 3.63) is 23.8 Å². The lowest BCUT2D eigenvalue weighted by Crippen LogP contribution is -2.48. The van der Waals surface area contributed by atoms with Crippen LogP contribution in [0.3, 0.4) is 0 Å². The number of ether oxygens (including phenoxy) is 1. The van der Waals surface area contributed by atoms with Crippen molar-refractivity contribution in [3.8, 4) is 5.75 Å². The highest BCUT2D eigenvalue weighted by Gasteiger charge is 2.26. The number of phenolic OH excluding ortho intramolecular Hbond substituents is 1. The van der Waals surface area contributed by atoms with Crippen LogP contribution in [0.25, 0.3) is 0 Å². The Morgan fingerprint density at radius 3 is 2.84 bits per heavy atom. The number of carbonyl (C=O) groups is 1. The molecule has 1 fully saturated rings. The van der Waals surface area contributed by atoms with E-state index in [2.05, 4.69) is 11.8 Å². The van der Waals surface area contributed by atoms with E-state index in [1.807, 2.05) is 13.0 Å². The van der Waals surface area contributed by atoms with Crippen molar-refractivity contribution >= 4 is 11.5 Å². The van der Waals surface area contributed by atoms with Gasteiger partial charge in [0.25, 0.3) is 0 Å². The van der Waals surface area contributed by atoms with Crippen LogP contribution in [0.5, 0.6) is 5.75 Å². The van der Waals surface area contributed by atoms with Gasteiger partial charge in [-0.25, -0.2) is 0 Å². The average Bonchev–Trinajstić information content (AvgIpc) is 2.38. The molecule has 1 aliphatic heterocycles. The predicted molar refractivity (Wildman–Crippen MR) is 75.0 cm³/mol. The molecule has 4 nitrogen and oxygen atoms in total. The van der Waals surface area contributed by atoms with E-state index in [4.69, 9.17) is 4.74 Å². The molecule has 0 aromatic heterocycles. The molecule has 19 heavy (non-hydrogen) atoms. The Kier molecular flexibility index (Phi) is 4.10. The molecule has 0 amide bonds. The van der Waals surface area contributed by atoms with E-state index in [-0.39, 0.29) is 17.6 Å². The number of rotatable bonds is 3. The summed E-state index contributed by atoms with van der Waals surface area (Å²) in [7, 11) is 0. The predicted octanol–water partition coefficient (Wildman–Crippen LogP) is 2.60. The van der Waals surface area contributed by atoms with E-state index in [0.717, 1.165) is 18.7 Å². The van der Waals surface area contributed by atoms with Crippen molar-refractivity contribution in [2.75, 3.05) is 18.1 Å². The maximum Gasteiger partial charge on any atom is 0.163 e. The zero-order valence-corrected chi connectivity index (χ0v) is 11.7. The van der Waals surface area contributed by atoms with Gasteiger partial charge in [0.1, 0.15) is 5.75 Å². The molecular formula is C15H21NO3. The van der Waals surface area contributed by atoms with Crippen molar-refractivity contribution in [2.24, 2.45) is 0 Å². The number of carbonyl (C=O) groups excluding carboxylic acids is 1. The molecule has 1 heterocycles. The largest absolute Gasteiger partial charge is 0.507 e. The summed E-state index contributed by atoms with van der Waals surface area (Å²) in [5.74, 6) is -0.0644. The third kappa shape index (κ3) is 2.89. The van der Waals surface area contributed by atoms with Gasteiger partial charge in [-0.2, -0.15) is 0 Å². The van der Waals surface area contributed by atoms with Gasteiger partial charge in [0.2, 0.25) is 0 Å². The second kappa shape index (κ2) is 5.61. The van der Waals surface area contributed by atoms with E-state index in [1.165, 1.54) is 6.92 Å². The molecule has 1 aliphatic rings. The summed E-state index contributed by atoms with van der Waals surface area (Å²) in [6, 6.07) is 5.59. The fourth-order valence-corrected chi connectivity index (χ4v) is 2.49. The lowest BCUT2D eigenvalue weighted by Gasteiger charge is -2.40. The molecule has 2 atom stereocenters. The molecule has 1 aromatic rings. The summed E-state index contributed by atoms with van der Waals surface area (Å²) in [5, 5.41) is 9.94. The number of anilines is 1. The lowest BCUT2D eigenvalue weighted by atomic mass is 10.1. The number of nitrogens with zero attached hydrogens (tertiary/aromatic N) is 1. The second-order valence-electron chi connectivity index (χ2n) is 5.12. The molecule has 0 aliphatic carbocycles. The molecule has 0 saturated carbocycles. The molecular weight excluding hydrogens is 242 g/mol. The Morgan fingerprint density at radius 1 is 1.53 bits per heavy atom. The zero-order chi connectivity index (χ0) is 14.0. The van der Waals surface area contributed by atoms with Crippen LogP contribution in [0.2, 0.25) is 0 Å². The van der Waals surface area contributed by atoms with Crippen molar-refractivity contribution in [2.45, 2.75) is 39.3 Å². The molecule has 1 N–H and O–H groups in total. The van der Waals surface area contributed by atoms with E-state index in [0.29, 0.717) is 18.2 Å². The molecule has 1 saturated heterocycles. The Hall–Kier alpha value is -1.55. The molecule has 0 radical (unpaired) electrons. The highest BCUT2D eigenvalue weighted by molar-refractivity contribution is 5.97. The number of phenols is 1. The van der Waals surface area contributed by atoms with Crippen molar-refractivity contribution in [3.63, 3.8) is 0 Å². The first-order chi connectivity index (χ1) is 9.02. The van der Waals surface area contributed by atoms with Crippen molar-refractivity contribution in [1.82, 2.24) is 0 Å². The minimum atomic E-state index is -0.119. The van der Waals surface area contributed by atoms with E-state index >= 15 is 0 Å². The number of ketones is 1. The zero-order valence-electron chi connectivity index (χ0n) is 11.7. The highest BCUT2D eigenvalue weighted by Crippen LogP contribution is 2.29. The maximum absolute atomic E-state index is 11.3. The first kappa shape index (κ1) is 13.9. The fraction of sp³-hybridized carbons (Fsp3) is 0.533. The first-order valence-corrected chi connectivity index (χ1v) is 6.75. The Labute approximate surface area is 114 Å². The molecule has 1 aromatic carbocycles. The van der Waals surface area contributed by atoms with Crippen LogP contribution < -0.4 is 4.90 Å². The summed E-state index contributed by atoms with van der Waals surface area (Å²) < 4.78 is 5.67. The SMILES string of the molecule is CCC1COC(C)CN1c1ccc(C(C)=O)c(O)c1. The van der Waals surface area contributed by atoms with Crippen LogP contribution in [0.15, 0.2) is 18.2 Å².